The molecule has 0 aliphatic rings. The fourth-order valence-electron chi connectivity index (χ4n) is 1.46. The molecule has 0 aromatic carbocycles. The van der Waals surface area contributed by atoms with E-state index in [0.29, 0.717) is 11.1 Å². The zero-order valence-corrected chi connectivity index (χ0v) is 10.6. The van der Waals surface area contributed by atoms with Crippen molar-refractivity contribution in [2.45, 2.75) is 26.4 Å². The van der Waals surface area contributed by atoms with E-state index in [1.807, 2.05) is 12.3 Å². The van der Waals surface area contributed by atoms with Crippen molar-refractivity contribution in [3.8, 4) is 5.69 Å². The highest BCUT2D eigenvalue weighted by atomic mass is 35.5. The first-order valence-electron chi connectivity index (χ1n) is 5.53. The Balaban J connectivity index is 2.16. The molecule has 4 nitrogen and oxygen atoms in total. The Morgan fingerprint density at radius 1 is 1.35 bits per heavy atom. The molecule has 1 N–H and O–H groups in total. The van der Waals surface area contributed by atoms with E-state index in [0.717, 1.165) is 17.8 Å². The molecule has 2 heterocycles. The molecule has 0 aliphatic heterocycles. The average Bonchev–Trinajstić information content (AvgIpc) is 2.74. The normalized spacial score (nSPS) is 11.1. The van der Waals surface area contributed by atoms with Gasteiger partial charge in [-0.25, -0.2) is 4.68 Å². The van der Waals surface area contributed by atoms with E-state index in [9.17, 15) is 0 Å². The van der Waals surface area contributed by atoms with Gasteiger partial charge in [-0.2, -0.15) is 5.10 Å². The molecular formula is C12H15ClN4. The van der Waals surface area contributed by atoms with E-state index >= 15 is 0 Å². The number of aromatic nitrogens is 3. The summed E-state index contributed by atoms with van der Waals surface area (Å²) in [6.07, 6.45) is 6.99. The molecule has 17 heavy (non-hydrogen) atoms. The fraction of sp³-hybridized carbons (Fsp3) is 0.333. The Morgan fingerprint density at radius 2 is 2.18 bits per heavy atom. The van der Waals surface area contributed by atoms with Gasteiger partial charge in [0.2, 0.25) is 0 Å². The number of hydrogen-bond donors (Lipinski definition) is 1. The lowest BCUT2D eigenvalue weighted by Gasteiger charge is -2.08. The lowest BCUT2D eigenvalue weighted by molar-refractivity contribution is 0.587. The molecule has 0 amide bonds. The summed E-state index contributed by atoms with van der Waals surface area (Å²) >= 11 is 5.84. The van der Waals surface area contributed by atoms with Crippen LogP contribution in [-0.4, -0.2) is 20.8 Å². The molecule has 2 rings (SSSR count). The summed E-state index contributed by atoms with van der Waals surface area (Å²) < 4.78 is 1.72. The van der Waals surface area contributed by atoms with E-state index in [1.54, 1.807) is 23.3 Å². The van der Waals surface area contributed by atoms with Gasteiger partial charge in [-0.1, -0.05) is 25.4 Å². The van der Waals surface area contributed by atoms with Gasteiger partial charge in [-0.05, 0) is 11.6 Å². The minimum atomic E-state index is 0.456. The summed E-state index contributed by atoms with van der Waals surface area (Å²) in [6, 6.07) is 2.50. The molecule has 90 valence electrons. The molecule has 2 aromatic heterocycles. The third-order valence-electron chi connectivity index (χ3n) is 2.31. The molecule has 0 radical (unpaired) electrons. The van der Waals surface area contributed by atoms with Crippen molar-refractivity contribution in [2.75, 3.05) is 0 Å². The minimum absolute atomic E-state index is 0.456. The van der Waals surface area contributed by atoms with Gasteiger partial charge >= 0.3 is 0 Å². The molecule has 0 saturated heterocycles. The van der Waals surface area contributed by atoms with Crippen molar-refractivity contribution in [1.82, 2.24) is 20.1 Å². The smallest absolute Gasteiger partial charge is 0.0832 e. The van der Waals surface area contributed by atoms with Crippen molar-refractivity contribution in [2.24, 2.45) is 0 Å². The minimum Gasteiger partial charge on any atom is -0.310 e. The van der Waals surface area contributed by atoms with Gasteiger partial charge in [-0.15, -0.1) is 0 Å². The number of hydrogen-bond acceptors (Lipinski definition) is 3. The molecular weight excluding hydrogens is 236 g/mol. The predicted molar refractivity (Wildman–Crippen MR) is 68.3 cm³/mol. The van der Waals surface area contributed by atoms with E-state index in [2.05, 4.69) is 29.2 Å². The van der Waals surface area contributed by atoms with Crippen LogP contribution in [0.15, 0.2) is 30.9 Å². The molecule has 0 unspecified atom stereocenters. The van der Waals surface area contributed by atoms with Crippen molar-refractivity contribution in [3.05, 3.63) is 41.4 Å². The maximum atomic E-state index is 5.84. The maximum Gasteiger partial charge on any atom is 0.0832 e. The van der Waals surface area contributed by atoms with Crippen molar-refractivity contribution in [3.63, 3.8) is 0 Å². The first kappa shape index (κ1) is 12.1. The molecule has 0 bridgehead atoms. The average molecular weight is 251 g/mol. The SMILES string of the molecule is CC(C)NCc1cncc(-n2cc(Cl)cn2)c1. The van der Waals surface area contributed by atoms with Crippen LogP contribution in [0.1, 0.15) is 19.4 Å². The summed E-state index contributed by atoms with van der Waals surface area (Å²) in [5.74, 6) is 0. The second kappa shape index (κ2) is 5.29. The lowest BCUT2D eigenvalue weighted by atomic mass is 10.2. The third kappa shape index (κ3) is 3.28. The van der Waals surface area contributed by atoms with Crippen molar-refractivity contribution in [1.29, 1.82) is 0 Å². The van der Waals surface area contributed by atoms with Gasteiger partial charge in [0.05, 0.1) is 23.1 Å². The molecule has 0 saturated carbocycles. The Labute approximate surface area is 106 Å². The summed E-state index contributed by atoms with van der Waals surface area (Å²) in [7, 11) is 0. The molecule has 2 aromatic rings. The summed E-state index contributed by atoms with van der Waals surface area (Å²) in [5, 5.41) is 8.12. The number of nitrogens with one attached hydrogen (secondary N) is 1. The van der Waals surface area contributed by atoms with Crippen LogP contribution in [0.3, 0.4) is 0 Å². The molecule has 0 atom stereocenters. The summed E-state index contributed by atoms with van der Waals surface area (Å²) in [4.78, 5) is 4.20. The summed E-state index contributed by atoms with van der Waals surface area (Å²) in [6.45, 7) is 5.03. The second-order valence-corrected chi connectivity index (χ2v) is 4.63. The van der Waals surface area contributed by atoms with E-state index in [1.165, 1.54) is 0 Å². The zero-order valence-electron chi connectivity index (χ0n) is 9.89. The topological polar surface area (TPSA) is 42.7 Å². The number of pyridine rings is 1. The number of halogens is 1. The van der Waals surface area contributed by atoms with Crippen LogP contribution in [0.5, 0.6) is 0 Å². The molecule has 5 heteroatoms. The number of rotatable bonds is 4. The van der Waals surface area contributed by atoms with Crippen LogP contribution in [0, 0.1) is 0 Å². The first-order valence-corrected chi connectivity index (χ1v) is 5.91. The zero-order chi connectivity index (χ0) is 12.3. The Kier molecular flexibility index (Phi) is 3.76. The predicted octanol–water partition coefficient (Wildman–Crippen LogP) is 2.42. The standard InChI is InChI=1S/C12H15ClN4/c1-9(2)15-5-10-3-12(7-14-4-10)17-8-11(13)6-16-17/h3-4,6-9,15H,5H2,1-2H3. The Bertz CT molecular complexity index is 493. The van der Waals surface area contributed by atoms with Gasteiger partial charge in [-0.3, -0.25) is 4.98 Å². The van der Waals surface area contributed by atoms with E-state index in [4.69, 9.17) is 11.6 Å². The van der Waals surface area contributed by atoms with Gasteiger partial charge < -0.3 is 5.32 Å². The van der Waals surface area contributed by atoms with Crippen LogP contribution in [0.4, 0.5) is 0 Å². The van der Waals surface area contributed by atoms with E-state index < -0.39 is 0 Å². The first-order chi connectivity index (χ1) is 8.15. The van der Waals surface area contributed by atoms with Crippen LogP contribution >= 0.6 is 11.6 Å². The van der Waals surface area contributed by atoms with Gasteiger partial charge in [0.15, 0.2) is 0 Å². The monoisotopic (exact) mass is 250 g/mol. The van der Waals surface area contributed by atoms with Crippen LogP contribution in [0.2, 0.25) is 5.02 Å². The van der Waals surface area contributed by atoms with Crippen LogP contribution < -0.4 is 5.32 Å². The van der Waals surface area contributed by atoms with Gasteiger partial charge in [0, 0.05) is 25.0 Å². The quantitative estimate of drug-likeness (QED) is 0.906. The molecule has 0 fully saturated rings. The largest absolute Gasteiger partial charge is 0.310 e. The van der Waals surface area contributed by atoms with E-state index in [-0.39, 0.29) is 0 Å². The van der Waals surface area contributed by atoms with Crippen LogP contribution in [0.25, 0.3) is 5.69 Å². The fourth-order valence-corrected chi connectivity index (χ4v) is 1.60. The second-order valence-electron chi connectivity index (χ2n) is 4.19. The lowest BCUT2D eigenvalue weighted by Crippen LogP contribution is -2.21. The van der Waals surface area contributed by atoms with Crippen molar-refractivity contribution < 1.29 is 0 Å². The Hall–Kier alpha value is -1.39. The highest BCUT2D eigenvalue weighted by Crippen LogP contribution is 2.12. The van der Waals surface area contributed by atoms with Crippen molar-refractivity contribution >= 4 is 11.6 Å². The van der Waals surface area contributed by atoms with Gasteiger partial charge in [0.25, 0.3) is 0 Å². The summed E-state index contributed by atoms with van der Waals surface area (Å²) in [5.41, 5.74) is 2.04. The Morgan fingerprint density at radius 3 is 2.82 bits per heavy atom. The molecule has 0 spiro atoms. The number of nitrogens with zero attached hydrogens (tertiary/aromatic N) is 3. The van der Waals surface area contributed by atoms with Gasteiger partial charge in [0.1, 0.15) is 0 Å². The third-order valence-corrected chi connectivity index (χ3v) is 2.51. The highest BCUT2D eigenvalue weighted by molar-refractivity contribution is 6.30. The maximum absolute atomic E-state index is 5.84. The highest BCUT2D eigenvalue weighted by Gasteiger charge is 2.02. The van der Waals surface area contributed by atoms with Crippen LogP contribution in [-0.2, 0) is 6.54 Å². The molecule has 0 aliphatic carbocycles.